The fourth-order valence-electron chi connectivity index (χ4n) is 3.35. The molecule has 0 saturated heterocycles. The third-order valence-electron chi connectivity index (χ3n) is 5.24. The van der Waals surface area contributed by atoms with E-state index in [4.69, 9.17) is 4.98 Å². The van der Waals surface area contributed by atoms with E-state index in [9.17, 15) is 9.18 Å². The van der Waals surface area contributed by atoms with Crippen molar-refractivity contribution in [3.8, 4) is 11.3 Å². The second-order valence-electron chi connectivity index (χ2n) is 7.21. The van der Waals surface area contributed by atoms with E-state index in [-0.39, 0.29) is 17.6 Å². The van der Waals surface area contributed by atoms with E-state index in [1.165, 1.54) is 37.8 Å². The standard InChI is InChI=1S/C21H26FN3O/c1-3-14(2)21(26)25-20-18(12-15-6-4-5-7-15)24-19(13-23-20)16-8-10-17(22)11-9-16/h8-11,13-15H,3-7,12H2,1-2H3,(H,23,25,26). The first-order valence-corrected chi connectivity index (χ1v) is 9.49. The lowest BCUT2D eigenvalue weighted by Crippen LogP contribution is -2.22. The number of hydrogen-bond donors (Lipinski definition) is 1. The van der Waals surface area contributed by atoms with Gasteiger partial charge in [0.05, 0.1) is 17.6 Å². The molecule has 4 nitrogen and oxygen atoms in total. The van der Waals surface area contributed by atoms with Gasteiger partial charge in [-0.2, -0.15) is 0 Å². The van der Waals surface area contributed by atoms with E-state index in [1.54, 1.807) is 18.3 Å². The largest absolute Gasteiger partial charge is 0.309 e. The van der Waals surface area contributed by atoms with Crippen molar-refractivity contribution in [1.29, 1.82) is 0 Å². The molecule has 0 radical (unpaired) electrons. The minimum absolute atomic E-state index is 0.0241. The highest BCUT2D eigenvalue weighted by Gasteiger charge is 2.21. The number of aromatic nitrogens is 2. The Kier molecular flexibility index (Phi) is 5.96. The predicted octanol–water partition coefficient (Wildman–Crippen LogP) is 5.00. The van der Waals surface area contributed by atoms with Crippen LogP contribution in [0.15, 0.2) is 30.5 Å². The minimum atomic E-state index is -0.273. The first-order chi connectivity index (χ1) is 12.6. The van der Waals surface area contributed by atoms with Crippen molar-refractivity contribution in [2.24, 2.45) is 11.8 Å². The predicted molar refractivity (Wildman–Crippen MR) is 101 cm³/mol. The topological polar surface area (TPSA) is 54.9 Å². The summed E-state index contributed by atoms with van der Waals surface area (Å²) in [5.41, 5.74) is 2.36. The maximum atomic E-state index is 13.2. The molecule has 1 fully saturated rings. The van der Waals surface area contributed by atoms with Crippen LogP contribution in [0.25, 0.3) is 11.3 Å². The fourth-order valence-corrected chi connectivity index (χ4v) is 3.35. The summed E-state index contributed by atoms with van der Waals surface area (Å²) < 4.78 is 13.2. The Balaban J connectivity index is 1.89. The highest BCUT2D eigenvalue weighted by atomic mass is 19.1. The lowest BCUT2D eigenvalue weighted by atomic mass is 10.0. The zero-order valence-corrected chi connectivity index (χ0v) is 15.5. The normalized spacial score (nSPS) is 15.8. The minimum Gasteiger partial charge on any atom is -0.309 e. The molecule has 1 aliphatic carbocycles. The monoisotopic (exact) mass is 355 g/mol. The van der Waals surface area contributed by atoms with Crippen molar-refractivity contribution in [2.75, 3.05) is 5.32 Å². The van der Waals surface area contributed by atoms with E-state index >= 15 is 0 Å². The number of hydrogen-bond acceptors (Lipinski definition) is 3. The Morgan fingerprint density at radius 3 is 2.62 bits per heavy atom. The quantitative estimate of drug-likeness (QED) is 0.793. The molecule has 1 aliphatic rings. The van der Waals surface area contributed by atoms with Crippen LogP contribution in [0.5, 0.6) is 0 Å². The molecule has 1 N–H and O–H groups in total. The number of amides is 1. The summed E-state index contributed by atoms with van der Waals surface area (Å²) >= 11 is 0. The first-order valence-electron chi connectivity index (χ1n) is 9.49. The van der Waals surface area contributed by atoms with Gasteiger partial charge in [-0.3, -0.25) is 4.79 Å². The van der Waals surface area contributed by atoms with Crippen molar-refractivity contribution in [2.45, 2.75) is 52.4 Å². The lowest BCUT2D eigenvalue weighted by Gasteiger charge is -2.16. The van der Waals surface area contributed by atoms with Crippen LogP contribution in [0, 0.1) is 17.7 Å². The summed E-state index contributed by atoms with van der Waals surface area (Å²) in [6.07, 6.45) is 8.15. The summed E-state index contributed by atoms with van der Waals surface area (Å²) in [6, 6.07) is 6.25. The number of rotatable bonds is 6. The number of nitrogens with zero attached hydrogens (tertiary/aromatic N) is 2. The Hall–Kier alpha value is -2.30. The van der Waals surface area contributed by atoms with E-state index < -0.39 is 0 Å². The zero-order valence-electron chi connectivity index (χ0n) is 15.5. The second-order valence-corrected chi connectivity index (χ2v) is 7.21. The summed E-state index contributed by atoms with van der Waals surface area (Å²) in [6.45, 7) is 3.90. The number of halogens is 1. The maximum Gasteiger partial charge on any atom is 0.228 e. The summed E-state index contributed by atoms with van der Waals surface area (Å²) in [7, 11) is 0. The molecular weight excluding hydrogens is 329 g/mol. The van der Waals surface area contributed by atoms with E-state index in [0.717, 1.165) is 24.1 Å². The van der Waals surface area contributed by atoms with E-state index in [1.807, 2.05) is 13.8 Å². The molecule has 26 heavy (non-hydrogen) atoms. The van der Waals surface area contributed by atoms with Crippen molar-refractivity contribution >= 4 is 11.7 Å². The maximum absolute atomic E-state index is 13.2. The fraction of sp³-hybridized carbons (Fsp3) is 0.476. The summed E-state index contributed by atoms with van der Waals surface area (Å²) in [5.74, 6) is 0.794. The van der Waals surface area contributed by atoms with Gasteiger partial charge in [0.1, 0.15) is 5.82 Å². The van der Waals surface area contributed by atoms with Gasteiger partial charge in [-0.1, -0.05) is 39.5 Å². The summed E-state index contributed by atoms with van der Waals surface area (Å²) in [4.78, 5) is 21.6. The van der Waals surface area contributed by atoms with Crippen molar-refractivity contribution < 1.29 is 9.18 Å². The van der Waals surface area contributed by atoms with Crippen molar-refractivity contribution in [3.05, 3.63) is 42.0 Å². The van der Waals surface area contributed by atoms with Crippen LogP contribution in [-0.2, 0) is 11.2 Å². The van der Waals surface area contributed by atoms with Crippen LogP contribution in [-0.4, -0.2) is 15.9 Å². The molecule has 138 valence electrons. The molecule has 0 bridgehead atoms. The second kappa shape index (κ2) is 8.39. The molecule has 1 aromatic heterocycles. The Bertz CT molecular complexity index is 754. The molecule has 1 saturated carbocycles. The highest BCUT2D eigenvalue weighted by molar-refractivity contribution is 5.91. The van der Waals surface area contributed by atoms with Crippen molar-refractivity contribution in [3.63, 3.8) is 0 Å². The molecule has 1 amide bonds. The Morgan fingerprint density at radius 2 is 1.96 bits per heavy atom. The highest BCUT2D eigenvalue weighted by Crippen LogP contribution is 2.30. The molecule has 1 unspecified atom stereocenters. The molecular formula is C21H26FN3O. The lowest BCUT2D eigenvalue weighted by molar-refractivity contribution is -0.119. The van der Waals surface area contributed by atoms with E-state index in [2.05, 4.69) is 10.3 Å². The molecule has 0 spiro atoms. The Morgan fingerprint density at radius 1 is 1.27 bits per heavy atom. The van der Waals surface area contributed by atoms with Crippen LogP contribution in [0.1, 0.15) is 51.6 Å². The zero-order chi connectivity index (χ0) is 18.5. The SMILES string of the molecule is CCC(C)C(=O)Nc1ncc(-c2ccc(F)cc2)nc1CC1CCCC1. The Labute approximate surface area is 154 Å². The van der Waals surface area contributed by atoms with Gasteiger partial charge in [0.25, 0.3) is 0 Å². The van der Waals surface area contributed by atoms with Crippen LogP contribution < -0.4 is 5.32 Å². The molecule has 1 aromatic carbocycles. The average molecular weight is 355 g/mol. The van der Waals surface area contributed by atoms with Gasteiger partial charge in [0.15, 0.2) is 5.82 Å². The van der Waals surface area contributed by atoms with Crippen LogP contribution >= 0.6 is 0 Å². The van der Waals surface area contributed by atoms with Gasteiger partial charge in [0.2, 0.25) is 5.91 Å². The number of anilines is 1. The number of carbonyl (C=O) groups is 1. The van der Waals surface area contributed by atoms with Gasteiger partial charge in [0, 0.05) is 11.5 Å². The van der Waals surface area contributed by atoms with Crippen LogP contribution in [0.4, 0.5) is 10.2 Å². The van der Waals surface area contributed by atoms with Crippen molar-refractivity contribution in [1.82, 2.24) is 9.97 Å². The third-order valence-corrected chi connectivity index (χ3v) is 5.24. The van der Waals surface area contributed by atoms with Gasteiger partial charge in [-0.25, -0.2) is 14.4 Å². The smallest absolute Gasteiger partial charge is 0.228 e. The number of benzene rings is 1. The molecule has 5 heteroatoms. The van der Waals surface area contributed by atoms with Gasteiger partial charge >= 0.3 is 0 Å². The molecule has 3 rings (SSSR count). The average Bonchev–Trinajstić information content (AvgIpc) is 3.16. The molecule has 1 heterocycles. The molecule has 0 aliphatic heterocycles. The number of carbonyl (C=O) groups excluding carboxylic acids is 1. The summed E-state index contributed by atoms with van der Waals surface area (Å²) in [5, 5.41) is 2.95. The van der Waals surface area contributed by atoms with Gasteiger partial charge in [-0.15, -0.1) is 0 Å². The molecule has 1 atom stereocenters. The van der Waals surface area contributed by atoms with Gasteiger partial charge in [-0.05, 0) is 43.0 Å². The number of nitrogens with one attached hydrogen (secondary N) is 1. The van der Waals surface area contributed by atoms with Crippen LogP contribution in [0.2, 0.25) is 0 Å². The first kappa shape index (κ1) is 18.5. The molecule has 2 aromatic rings. The van der Waals surface area contributed by atoms with Gasteiger partial charge < -0.3 is 5.32 Å². The van der Waals surface area contributed by atoms with E-state index in [0.29, 0.717) is 17.4 Å². The third kappa shape index (κ3) is 4.45. The van der Waals surface area contributed by atoms with Crippen LogP contribution in [0.3, 0.4) is 0 Å².